The minimum Gasteiger partial charge on any atom is -0.493 e. The molecule has 1 saturated carbocycles. The van der Waals surface area contributed by atoms with Gasteiger partial charge in [-0.3, -0.25) is 4.79 Å². The first-order chi connectivity index (χ1) is 14.1. The molecule has 0 unspecified atom stereocenters. The highest BCUT2D eigenvalue weighted by Crippen LogP contribution is 2.33. The SMILES string of the molecule is COc1ccc(/C=C2/CCC/C(=C\c3ccc(OC)c(OC)c3)C2=O)cc1OC. The summed E-state index contributed by atoms with van der Waals surface area (Å²) >= 11 is 0. The fourth-order valence-corrected chi connectivity index (χ4v) is 3.47. The predicted octanol–water partition coefficient (Wildman–Crippen LogP) is 4.94. The lowest BCUT2D eigenvalue weighted by molar-refractivity contribution is -0.112. The van der Waals surface area contributed by atoms with Crippen molar-refractivity contribution in [1.82, 2.24) is 0 Å². The van der Waals surface area contributed by atoms with Crippen molar-refractivity contribution >= 4 is 17.9 Å². The first-order valence-corrected chi connectivity index (χ1v) is 9.49. The van der Waals surface area contributed by atoms with E-state index in [0.717, 1.165) is 41.5 Å². The Morgan fingerprint density at radius 2 is 1.07 bits per heavy atom. The van der Waals surface area contributed by atoms with Crippen LogP contribution in [0.5, 0.6) is 23.0 Å². The molecule has 3 rings (SSSR count). The summed E-state index contributed by atoms with van der Waals surface area (Å²) < 4.78 is 21.3. The van der Waals surface area contributed by atoms with E-state index >= 15 is 0 Å². The molecule has 0 N–H and O–H groups in total. The molecule has 1 aliphatic carbocycles. The molecule has 0 aliphatic heterocycles. The van der Waals surface area contributed by atoms with Gasteiger partial charge in [-0.25, -0.2) is 0 Å². The van der Waals surface area contributed by atoms with Crippen LogP contribution < -0.4 is 18.9 Å². The molecule has 0 aromatic heterocycles. The van der Waals surface area contributed by atoms with Gasteiger partial charge in [-0.15, -0.1) is 0 Å². The molecular weight excluding hydrogens is 368 g/mol. The van der Waals surface area contributed by atoms with Crippen LogP contribution in [0.3, 0.4) is 0 Å². The number of hydrogen-bond acceptors (Lipinski definition) is 5. The van der Waals surface area contributed by atoms with Gasteiger partial charge in [-0.1, -0.05) is 12.1 Å². The van der Waals surface area contributed by atoms with Crippen molar-refractivity contribution in [2.45, 2.75) is 19.3 Å². The zero-order valence-electron chi connectivity index (χ0n) is 17.3. The van der Waals surface area contributed by atoms with Crippen LogP contribution in [-0.2, 0) is 4.79 Å². The van der Waals surface area contributed by atoms with Crippen molar-refractivity contribution in [1.29, 1.82) is 0 Å². The number of carbonyl (C=O) groups is 1. The molecule has 5 nitrogen and oxygen atoms in total. The fourth-order valence-electron chi connectivity index (χ4n) is 3.47. The number of methoxy groups -OCH3 is 4. The summed E-state index contributed by atoms with van der Waals surface area (Å²) in [6, 6.07) is 11.3. The van der Waals surface area contributed by atoms with Crippen LogP contribution in [0.1, 0.15) is 30.4 Å². The lowest BCUT2D eigenvalue weighted by Gasteiger charge is -2.17. The van der Waals surface area contributed by atoms with Crippen LogP contribution in [0.2, 0.25) is 0 Å². The highest BCUT2D eigenvalue weighted by molar-refractivity contribution is 6.14. The van der Waals surface area contributed by atoms with Gasteiger partial charge in [0, 0.05) is 11.1 Å². The van der Waals surface area contributed by atoms with E-state index in [2.05, 4.69) is 0 Å². The van der Waals surface area contributed by atoms with Gasteiger partial charge < -0.3 is 18.9 Å². The van der Waals surface area contributed by atoms with Crippen molar-refractivity contribution in [3.63, 3.8) is 0 Å². The second kappa shape index (κ2) is 9.32. The third-order valence-electron chi connectivity index (χ3n) is 4.97. The van der Waals surface area contributed by atoms with Crippen molar-refractivity contribution in [2.24, 2.45) is 0 Å². The molecule has 1 fully saturated rings. The number of Topliss-reactive ketones (excluding diaryl/α,β-unsaturated/α-hetero) is 1. The maximum atomic E-state index is 13.0. The molecule has 0 radical (unpaired) electrons. The van der Waals surface area contributed by atoms with Gasteiger partial charge in [0.25, 0.3) is 0 Å². The van der Waals surface area contributed by atoms with E-state index in [0.29, 0.717) is 23.0 Å². The van der Waals surface area contributed by atoms with E-state index in [4.69, 9.17) is 18.9 Å². The number of carbonyl (C=O) groups excluding carboxylic acids is 1. The molecule has 0 heterocycles. The third kappa shape index (κ3) is 4.62. The van der Waals surface area contributed by atoms with Gasteiger partial charge in [0.1, 0.15) is 0 Å². The molecule has 0 spiro atoms. The molecule has 1 aliphatic rings. The summed E-state index contributed by atoms with van der Waals surface area (Å²) in [5, 5.41) is 0. The minimum atomic E-state index is 0.0841. The van der Waals surface area contributed by atoms with Crippen LogP contribution in [0, 0.1) is 0 Å². The number of hydrogen-bond donors (Lipinski definition) is 0. The third-order valence-corrected chi connectivity index (χ3v) is 4.97. The maximum Gasteiger partial charge on any atom is 0.185 e. The molecule has 0 bridgehead atoms. The van der Waals surface area contributed by atoms with E-state index in [-0.39, 0.29) is 5.78 Å². The molecule has 0 amide bonds. The Bertz CT molecular complexity index is 880. The number of rotatable bonds is 6. The van der Waals surface area contributed by atoms with Crippen LogP contribution in [-0.4, -0.2) is 34.2 Å². The summed E-state index contributed by atoms with van der Waals surface area (Å²) in [4.78, 5) is 13.0. The Labute approximate surface area is 171 Å². The van der Waals surface area contributed by atoms with Crippen LogP contribution in [0.25, 0.3) is 12.2 Å². The maximum absolute atomic E-state index is 13.0. The largest absolute Gasteiger partial charge is 0.493 e. The van der Waals surface area contributed by atoms with E-state index < -0.39 is 0 Å². The normalized spacial score (nSPS) is 16.8. The predicted molar refractivity (Wildman–Crippen MR) is 114 cm³/mol. The number of ether oxygens (including phenoxy) is 4. The summed E-state index contributed by atoms with van der Waals surface area (Å²) in [5.74, 6) is 2.70. The van der Waals surface area contributed by atoms with E-state index in [1.165, 1.54) is 0 Å². The van der Waals surface area contributed by atoms with Gasteiger partial charge in [-0.2, -0.15) is 0 Å². The topological polar surface area (TPSA) is 54.0 Å². The van der Waals surface area contributed by atoms with Crippen molar-refractivity contribution in [3.05, 3.63) is 58.7 Å². The lowest BCUT2D eigenvalue weighted by Crippen LogP contribution is -2.12. The standard InChI is InChI=1S/C24H26O5/c1-26-20-10-8-16(14-22(20)28-3)12-18-6-5-7-19(24(18)25)13-17-9-11-21(27-2)23(15-17)29-4/h8-15H,5-7H2,1-4H3/b18-12-,19-13+. The highest BCUT2D eigenvalue weighted by atomic mass is 16.5. The smallest absolute Gasteiger partial charge is 0.185 e. The van der Waals surface area contributed by atoms with Crippen LogP contribution in [0.15, 0.2) is 47.5 Å². The number of benzene rings is 2. The molecule has 5 heteroatoms. The van der Waals surface area contributed by atoms with Crippen molar-refractivity contribution < 1.29 is 23.7 Å². The Hall–Kier alpha value is -3.21. The zero-order chi connectivity index (χ0) is 20.8. The summed E-state index contributed by atoms with van der Waals surface area (Å²) in [6.07, 6.45) is 6.33. The minimum absolute atomic E-state index is 0.0841. The molecule has 2 aromatic rings. The second-order valence-electron chi connectivity index (χ2n) is 6.75. The Kier molecular flexibility index (Phi) is 6.60. The van der Waals surface area contributed by atoms with Gasteiger partial charge >= 0.3 is 0 Å². The second-order valence-corrected chi connectivity index (χ2v) is 6.75. The van der Waals surface area contributed by atoms with Crippen LogP contribution in [0.4, 0.5) is 0 Å². The van der Waals surface area contributed by atoms with Gasteiger partial charge in [0.2, 0.25) is 0 Å². The monoisotopic (exact) mass is 394 g/mol. The summed E-state index contributed by atoms with van der Waals surface area (Å²) in [5.41, 5.74) is 3.43. The van der Waals surface area contributed by atoms with Crippen molar-refractivity contribution in [3.8, 4) is 23.0 Å². The average molecular weight is 394 g/mol. The number of ketones is 1. The average Bonchev–Trinajstić information content (AvgIpc) is 2.76. The first-order valence-electron chi connectivity index (χ1n) is 9.49. The van der Waals surface area contributed by atoms with E-state index in [1.54, 1.807) is 28.4 Å². The fraction of sp³-hybridized carbons (Fsp3) is 0.292. The molecule has 29 heavy (non-hydrogen) atoms. The lowest BCUT2D eigenvalue weighted by atomic mass is 9.87. The molecule has 0 saturated heterocycles. The van der Waals surface area contributed by atoms with E-state index in [9.17, 15) is 4.79 Å². The molecule has 2 aromatic carbocycles. The Morgan fingerprint density at radius 1 is 0.655 bits per heavy atom. The Morgan fingerprint density at radius 3 is 1.45 bits per heavy atom. The summed E-state index contributed by atoms with van der Waals surface area (Å²) in [7, 11) is 6.41. The zero-order valence-corrected chi connectivity index (χ0v) is 17.3. The summed E-state index contributed by atoms with van der Waals surface area (Å²) in [6.45, 7) is 0. The molecule has 0 atom stereocenters. The van der Waals surface area contributed by atoms with Gasteiger partial charge in [0.15, 0.2) is 28.8 Å². The van der Waals surface area contributed by atoms with E-state index in [1.807, 2.05) is 48.6 Å². The van der Waals surface area contributed by atoms with Crippen LogP contribution >= 0.6 is 0 Å². The first kappa shape index (κ1) is 20.5. The van der Waals surface area contributed by atoms with Gasteiger partial charge in [0.05, 0.1) is 28.4 Å². The van der Waals surface area contributed by atoms with Gasteiger partial charge in [-0.05, 0) is 66.8 Å². The Balaban J connectivity index is 1.89. The molecular formula is C24H26O5. The quantitative estimate of drug-likeness (QED) is 0.650. The highest BCUT2D eigenvalue weighted by Gasteiger charge is 2.21. The van der Waals surface area contributed by atoms with Crippen molar-refractivity contribution in [2.75, 3.05) is 28.4 Å². The molecule has 152 valence electrons. The number of allylic oxidation sites excluding steroid dienone is 2.